The van der Waals surface area contributed by atoms with Crippen molar-refractivity contribution in [2.75, 3.05) is 0 Å². The molecule has 19 heavy (non-hydrogen) atoms. The first kappa shape index (κ1) is 12.9. The van der Waals surface area contributed by atoms with Gasteiger partial charge in [0.15, 0.2) is 5.78 Å². The number of ketones is 1. The van der Waals surface area contributed by atoms with Gasteiger partial charge in [0.1, 0.15) is 0 Å². The molecule has 1 atom stereocenters. The molecular formula is C13H13N3O3. The zero-order valence-corrected chi connectivity index (χ0v) is 10.6. The van der Waals surface area contributed by atoms with E-state index >= 15 is 0 Å². The summed E-state index contributed by atoms with van der Waals surface area (Å²) in [5, 5.41) is 0. The fraction of sp³-hybridized carbons (Fsp3) is 0.231. The standard InChI is InChI=1S/C13H13N3O3/c1-8(10-4-3-5-14-6-10)16-12(18)11(9(2)17)7-15-13(16)19/h3-8H,1-2H3,(H,15,19). The molecule has 6 heteroatoms. The minimum atomic E-state index is -0.590. The molecule has 0 spiro atoms. The second-order valence-corrected chi connectivity index (χ2v) is 4.20. The fourth-order valence-corrected chi connectivity index (χ4v) is 1.86. The molecule has 2 rings (SSSR count). The minimum Gasteiger partial charge on any atom is -0.313 e. The van der Waals surface area contributed by atoms with E-state index in [2.05, 4.69) is 9.97 Å². The van der Waals surface area contributed by atoms with Gasteiger partial charge in [0.2, 0.25) is 0 Å². The maximum Gasteiger partial charge on any atom is 0.328 e. The van der Waals surface area contributed by atoms with Gasteiger partial charge >= 0.3 is 5.69 Å². The SMILES string of the molecule is CC(=O)c1c[nH]c(=O)n(C(C)c2cccnc2)c1=O. The first-order chi connectivity index (χ1) is 9.02. The van der Waals surface area contributed by atoms with Crippen molar-refractivity contribution in [2.24, 2.45) is 0 Å². The molecule has 0 radical (unpaired) electrons. The van der Waals surface area contributed by atoms with Crippen LogP contribution in [0.2, 0.25) is 0 Å². The quantitative estimate of drug-likeness (QED) is 0.824. The first-order valence-corrected chi connectivity index (χ1v) is 5.77. The van der Waals surface area contributed by atoms with Gasteiger partial charge in [-0.25, -0.2) is 4.79 Å². The van der Waals surface area contributed by atoms with Crippen LogP contribution in [0, 0.1) is 0 Å². The lowest BCUT2D eigenvalue weighted by atomic mass is 10.1. The van der Waals surface area contributed by atoms with E-state index in [1.807, 2.05) is 0 Å². The van der Waals surface area contributed by atoms with E-state index < -0.39 is 17.3 Å². The van der Waals surface area contributed by atoms with Crippen LogP contribution in [-0.2, 0) is 0 Å². The highest BCUT2D eigenvalue weighted by molar-refractivity contribution is 5.93. The Bertz CT molecular complexity index is 716. The highest BCUT2D eigenvalue weighted by atomic mass is 16.2. The Morgan fingerprint density at radius 3 is 2.74 bits per heavy atom. The second kappa shape index (κ2) is 5.01. The summed E-state index contributed by atoms with van der Waals surface area (Å²) in [6.07, 6.45) is 4.34. The molecule has 0 aromatic carbocycles. The van der Waals surface area contributed by atoms with Crippen LogP contribution in [0.4, 0.5) is 0 Å². The van der Waals surface area contributed by atoms with Crippen molar-refractivity contribution in [3.05, 3.63) is 62.7 Å². The van der Waals surface area contributed by atoms with Crippen LogP contribution in [0.25, 0.3) is 0 Å². The maximum absolute atomic E-state index is 12.1. The summed E-state index contributed by atoms with van der Waals surface area (Å²) in [6, 6.07) is 2.99. The van der Waals surface area contributed by atoms with Gasteiger partial charge in [0.25, 0.3) is 5.56 Å². The maximum atomic E-state index is 12.1. The van der Waals surface area contributed by atoms with Crippen molar-refractivity contribution in [2.45, 2.75) is 19.9 Å². The summed E-state index contributed by atoms with van der Waals surface area (Å²) in [5.41, 5.74) is -0.454. The number of rotatable bonds is 3. The van der Waals surface area contributed by atoms with Gasteiger partial charge in [-0.05, 0) is 25.5 Å². The molecule has 2 aromatic heterocycles. The van der Waals surface area contributed by atoms with Crippen molar-refractivity contribution in [3.8, 4) is 0 Å². The Balaban J connectivity index is 2.63. The second-order valence-electron chi connectivity index (χ2n) is 4.20. The molecular weight excluding hydrogens is 246 g/mol. The number of carbonyl (C=O) groups excluding carboxylic acids is 1. The van der Waals surface area contributed by atoms with Crippen molar-refractivity contribution in [1.29, 1.82) is 0 Å². The van der Waals surface area contributed by atoms with Gasteiger partial charge in [-0.2, -0.15) is 0 Å². The number of nitrogens with one attached hydrogen (secondary N) is 1. The number of hydrogen-bond donors (Lipinski definition) is 1. The van der Waals surface area contributed by atoms with Crippen molar-refractivity contribution in [3.63, 3.8) is 0 Å². The Hall–Kier alpha value is -2.50. The lowest BCUT2D eigenvalue weighted by Crippen LogP contribution is -2.39. The zero-order valence-electron chi connectivity index (χ0n) is 10.6. The molecule has 1 N–H and O–H groups in total. The van der Waals surface area contributed by atoms with Crippen molar-refractivity contribution in [1.82, 2.24) is 14.5 Å². The Labute approximate surface area is 108 Å². The molecule has 0 fully saturated rings. The highest BCUT2D eigenvalue weighted by Gasteiger charge is 2.16. The van der Waals surface area contributed by atoms with Crippen molar-refractivity contribution < 1.29 is 4.79 Å². The molecule has 0 aliphatic heterocycles. The van der Waals surface area contributed by atoms with E-state index in [0.29, 0.717) is 0 Å². The molecule has 0 bridgehead atoms. The van der Waals surface area contributed by atoms with E-state index in [-0.39, 0.29) is 11.3 Å². The summed E-state index contributed by atoms with van der Waals surface area (Å²) in [4.78, 5) is 41.7. The van der Waals surface area contributed by atoms with Gasteiger partial charge in [0.05, 0.1) is 11.6 Å². The highest BCUT2D eigenvalue weighted by Crippen LogP contribution is 2.12. The number of carbonyl (C=O) groups is 1. The largest absolute Gasteiger partial charge is 0.328 e. The molecule has 0 aliphatic carbocycles. The molecule has 0 amide bonds. The average molecular weight is 259 g/mol. The predicted molar refractivity (Wildman–Crippen MR) is 69.4 cm³/mol. The van der Waals surface area contributed by atoms with Crippen LogP contribution in [-0.4, -0.2) is 20.3 Å². The average Bonchev–Trinajstić information content (AvgIpc) is 2.39. The normalized spacial score (nSPS) is 12.1. The molecule has 98 valence electrons. The van der Waals surface area contributed by atoms with Crippen LogP contribution in [0.5, 0.6) is 0 Å². The van der Waals surface area contributed by atoms with Gasteiger partial charge in [0, 0.05) is 18.6 Å². The summed E-state index contributed by atoms with van der Waals surface area (Å²) in [7, 11) is 0. The van der Waals surface area contributed by atoms with Gasteiger partial charge in [-0.1, -0.05) is 6.07 Å². The van der Waals surface area contributed by atoms with E-state index in [0.717, 1.165) is 16.3 Å². The first-order valence-electron chi connectivity index (χ1n) is 5.77. The lowest BCUT2D eigenvalue weighted by Gasteiger charge is -2.14. The zero-order chi connectivity index (χ0) is 14.0. The van der Waals surface area contributed by atoms with Crippen LogP contribution in [0.1, 0.15) is 35.8 Å². The number of H-pyrrole nitrogens is 1. The molecule has 2 aromatic rings. The van der Waals surface area contributed by atoms with Crippen LogP contribution in [0.15, 0.2) is 40.3 Å². The van der Waals surface area contributed by atoms with Crippen LogP contribution < -0.4 is 11.2 Å². The molecule has 0 aliphatic rings. The lowest BCUT2D eigenvalue weighted by molar-refractivity contribution is 0.101. The fourth-order valence-electron chi connectivity index (χ4n) is 1.86. The topological polar surface area (TPSA) is 84.8 Å². The third-order valence-corrected chi connectivity index (χ3v) is 2.94. The van der Waals surface area contributed by atoms with Gasteiger partial charge in [-0.3, -0.25) is 19.1 Å². The number of pyridine rings is 1. The van der Waals surface area contributed by atoms with E-state index in [1.54, 1.807) is 31.5 Å². The third-order valence-electron chi connectivity index (χ3n) is 2.94. The third kappa shape index (κ3) is 2.37. The molecule has 6 nitrogen and oxygen atoms in total. The monoisotopic (exact) mass is 259 g/mol. The Morgan fingerprint density at radius 2 is 2.16 bits per heavy atom. The van der Waals surface area contributed by atoms with E-state index in [9.17, 15) is 14.4 Å². The number of hydrogen-bond acceptors (Lipinski definition) is 4. The molecule has 0 saturated heterocycles. The molecule has 2 heterocycles. The van der Waals surface area contributed by atoms with Crippen molar-refractivity contribution >= 4 is 5.78 Å². The van der Waals surface area contributed by atoms with E-state index in [4.69, 9.17) is 0 Å². The predicted octanol–water partition coefficient (Wildman–Crippen LogP) is 0.744. The smallest absolute Gasteiger partial charge is 0.313 e. The van der Waals surface area contributed by atoms with Crippen LogP contribution >= 0.6 is 0 Å². The summed E-state index contributed by atoms with van der Waals surface area (Å²) < 4.78 is 1.02. The van der Waals surface area contributed by atoms with Gasteiger partial charge < -0.3 is 4.98 Å². The number of Topliss-reactive ketones (excluding diaryl/α,β-unsaturated/α-hetero) is 1. The summed E-state index contributed by atoms with van der Waals surface area (Å²) in [5.74, 6) is -0.381. The minimum absolute atomic E-state index is 0.0321. The van der Waals surface area contributed by atoms with Gasteiger partial charge in [-0.15, -0.1) is 0 Å². The number of nitrogens with zero attached hydrogens (tertiary/aromatic N) is 2. The Kier molecular flexibility index (Phi) is 3.41. The summed E-state index contributed by atoms with van der Waals surface area (Å²) in [6.45, 7) is 2.99. The number of aromatic nitrogens is 3. The molecule has 0 saturated carbocycles. The van der Waals surface area contributed by atoms with E-state index in [1.165, 1.54) is 6.92 Å². The number of aromatic amines is 1. The summed E-state index contributed by atoms with van der Waals surface area (Å²) >= 11 is 0. The Morgan fingerprint density at radius 1 is 1.42 bits per heavy atom. The molecule has 1 unspecified atom stereocenters. The van der Waals surface area contributed by atoms with Crippen LogP contribution in [0.3, 0.4) is 0 Å².